The lowest BCUT2D eigenvalue weighted by atomic mass is 10.2. The van der Waals surface area contributed by atoms with Gasteiger partial charge in [0.2, 0.25) is 5.95 Å². The van der Waals surface area contributed by atoms with Gasteiger partial charge in [-0.05, 0) is 43.3 Å². The highest BCUT2D eigenvalue weighted by Crippen LogP contribution is 2.21. The van der Waals surface area contributed by atoms with Crippen LogP contribution >= 0.6 is 11.6 Å². The summed E-state index contributed by atoms with van der Waals surface area (Å²) in [7, 11) is 0. The lowest BCUT2D eigenvalue weighted by molar-refractivity contribution is 0.102. The van der Waals surface area contributed by atoms with Crippen molar-refractivity contribution in [1.82, 2.24) is 9.97 Å². The molecular weight excluding hydrogens is 336 g/mol. The minimum atomic E-state index is -0.267. The maximum atomic E-state index is 12.3. The molecule has 25 heavy (non-hydrogen) atoms. The van der Waals surface area contributed by atoms with E-state index >= 15 is 0 Å². The lowest BCUT2D eigenvalue weighted by Crippen LogP contribution is -2.19. The summed E-state index contributed by atoms with van der Waals surface area (Å²) in [4.78, 5) is 22.9. The Kier molecular flexibility index (Phi) is 5.26. The van der Waals surface area contributed by atoms with Crippen LogP contribution in [0.2, 0.25) is 5.02 Å². The molecular formula is C19H17ClN4O. The van der Waals surface area contributed by atoms with Crippen molar-refractivity contribution in [2.45, 2.75) is 6.92 Å². The molecule has 0 atom stereocenters. The monoisotopic (exact) mass is 352 g/mol. The molecule has 1 N–H and O–H groups in total. The normalized spacial score (nSPS) is 10.3. The van der Waals surface area contributed by atoms with E-state index in [0.29, 0.717) is 22.2 Å². The van der Waals surface area contributed by atoms with E-state index in [0.717, 1.165) is 12.2 Å². The Morgan fingerprint density at radius 2 is 1.68 bits per heavy atom. The summed E-state index contributed by atoms with van der Waals surface area (Å²) >= 11 is 5.84. The van der Waals surface area contributed by atoms with Gasteiger partial charge in [-0.3, -0.25) is 4.79 Å². The van der Waals surface area contributed by atoms with Crippen LogP contribution < -0.4 is 10.2 Å². The number of hydrogen-bond acceptors (Lipinski definition) is 4. The van der Waals surface area contributed by atoms with Crippen molar-refractivity contribution in [3.8, 4) is 0 Å². The van der Waals surface area contributed by atoms with Gasteiger partial charge in [0, 0.05) is 35.3 Å². The van der Waals surface area contributed by atoms with Crippen molar-refractivity contribution >= 4 is 34.8 Å². The second-order valence-corrected chi connectivity index (χ2v) is 5.75. The van der Waals surface area contributed by atoms with E-state index in [1.807, 2.05) is 42.2 Å². The molecule has 0 aliphatic rings. The molecule has 1 aromatic heterocycles. The molecule has 0 unspecified atom stereocenters. The zero-order valence-electron chi connectivity index (χ0n) is 13.7. The van der Waals surface area contributed by atoms with Crippen molar-refractivity contribution in [2.24, 2.45) is 0 Å². The average Bonchev–Trinajstić information content (AvgIpc) is 2.66. The molecule has 1 amide bonds. The second kappa shape index (κ2) is 7.77. The van der Waals surface area contributed by atoms with E-state index in [1.54, 1.807) is 24.3 Å². The fourth-order valence-corrected chi connectivity index (χ4v) is 2.49. The van der Waals surface area contributed by atoms with Crippen molar-refractivity contribution in [2.75, 3.05) is 16.8 Å². The van der Waals surface area contributed by atoms with Gasteiger partial charge in [-0.1, -0.05) is 29.8 Å². The number of nitrogens with zero attached hydrogens (tertiary/aromatic N) is 3. The number of rotatable bonds is 5. The third kappa shape index (κ3) is 4.14. The molecule has 3 aromatic rings. The van der Waals surface area contributed by atoms with Crippen LogP contribution in [-0.2, 0) is 0 Å². The summed E-state index contributed by atoms with van der Waals surface area (Å²) < 4.78 is 0. The Hall–Kier alpha value is -2.92. The minimum absolute atomic E-state index is 0.267. The number of amides is 1. The molecule has 0 radical (unpaired) electrons. The summed E-state index contributed by atoms with van der Waals surface area (Å²) in [5.74, 6) is 0.286. The van der Waals surface area contributed by atoms with Gasteiger partial charge in [0.15, 0.2) is 0 Å². The van der Waals surface area contributed by atoms with Crippen LogP contribution in [0.25, 0.3) is 0 Å². The molecule has 0 bridgehead atoms. The summed E-state index contributed by atoms with van der Waals surface area (Å²) in [6, 6.07) is 16.8. The maximum Gasteiger partial charge on any atom is 0.258 e. The fourth-order valence-electron chi connectivity index (χ4n) is 2.36. The van der Waals surface area contributed by atoms with E-state index in [1.165, 1.54) is 12.4 Å². The van der Waals surface area contributed by atoms with Gasteiger partial charge in [0.1, 0.15) is 0 Å². The van der Waals surface area contributed by atoms with Crippen LogP contribution in [0.3, 0.4) is 0 Å². The van der Waals surface area contributed by atoms with Crippen LogP contribution in [0.4, 0.5) is 17.3 Å². The number of aromatic nitrogens is 2. The van der Waals surface area contributed by atoms with Gasteiger partial charge in [0.25, 0.3) is 5.91 Å². The highest BCUT2D eigenvalue weighted by atomic mass is 35.5. The molecule has 3 rings (SSSR count). The number of para-hydroxylation sites is 1. The van der Waals surface area contributed by atoms with Crippen LogP contribution in [0.5, 0.6) is 0 Å². The van der Waals surface area contributed by atoms with Crippen molar-refractivity contribution in [3.05, 3.63) is 77.6 Å². The average molecular weight is 353 g/mol. The molecule has 0 aliphatic heterocycles. The Labute approximate surface area is 151 Å². The van der Waals surface area contributed by atoms with E-state index in [4.69, 9.17) is 11.6 Å². The zero-order chi connectivity index (χ0) is 17.6. The Morgan fingerprint density at radius 1 is 1.04 bits per heavy atom. The standard InChI is InChI=1S/C19H17ClN4O/c1-2-24(17-6-4-3-5-7-17)19-21-12-14(13-22-19)18(25)23-16-10-8-15(20)9-11-16/h3-13H,2H2,1H3,(H,23,25). The molecule has 0 aliphatic carbocycles. The van der Waals surface area contributed by atoms with Crippen LogP contribution in [0.15, 0.2) is 67.0 Å². The van der Waals surface area contributed by atoms with Crippen molar-refractivity contribution < 1.29 is 4.79 Å². The Bertz CT molecular complexity index is 836. The van der Waals surface area contributed by atoms with Crippen LogP contribution in [0.1, 0.15) is 17.3 Å². The summed E-state index contributed by atoms with van der Waals surface area (Å²) in [6.07, 6.45) is 3.05. The molecule has 0 spiro atoms. The van der Waals surface area contributed by atoms with Crippen molar-refractivity contribution in [1.29, 1.82) is 0 Å². The van der Waals surface area contributed by atoms with Gasteiger partial charge in [0.05, 0.1) is 5.56 Å². The van der Waals surface area contributed by atoms with Crippen LogP contribution in [-0.4, -0.2) is 22.4 Å². The highest BCUT2D eigenvalue weighted by Gasteiger charge is 2.12. The Balaban J connectivity index is 1.75. The first-order chi connectivity index (χ1) is 12.2. The number of benzene rings is 2. The van der Waals surface area contributed by atoms with Crippen molar-refractivity contribution in [3.63, 3.8) is 0 Å². The quantitative estimate of drug-likeness (QED) is 0.732. The third-order valence-corrected chi connectivity index (χ3v) is 3.88. The highest BCUT2D eigenvalue weighted by molar-refractivity contribution is 6.30. The summed E-state index contributed by atoms with van der Waals surface area (Å²) in [5.41, 5.74) is 2.06. The molecule has 5 nitrogen and oxygen atoms in total. The summed E-state index contributed by atoms with van der Waals surface area (Å²) in [5, 5.41) is 3.41. The van der Waals surface area contributed by atoms with E-state index in [-0.39, 0.29) is 5.91 Å². The van der Waals surface area contributed by atoms with E-state index in [2.05, 4.69) is 15.3 Å². The van der Waals surface area contributed by atoms with Crippen LogP contribution in [0, 0.1) is 0 Å². The third-order valence-electron chi connectivity index (χ3n) is 3.63. The fraction of sp³-hybridized carbons (Fsp3) is 0.105. The SMILES string of the molecule is CCN(c1ccccc1)c1ncc(C(=O)Nc2ccc(Cl)cc2)cn1. The predicted molar refractivity (Wildman–Crippen MR) is 101 cm³/mol. The largest absolute Gasteiger partial charge is 0.322 e. The first kappa shape index (κ1) is 16.9. The molecule has 0 saturated heterocycles. The first-order valence-electron chi connectivity index (χ1n) is 7.89. The molecule has 126 valence electrons. The molecule has 2 aromatic carbocycles. The van der Waals surface area contributed by atoms with Gasteiger partial charge < -0.3 is 10.2 Å². The molecule has 6 heteroatoms. The maximum absolute atomic E-state index is 12.3. The van der Waals surface area contributed by atoms with Gasteiger partial charge in [-0.25, -0.2) is 9.97 Å². The topological polar surface area (TPSA) is 58.1 Å². The number of carbonyl (C=O) groups is 1. The number of nitrogens with one attached hydrogen (secondary N) is 1. The first-order valence-corrected chi connectivity index (χ1v) is 8.26. The Morgan fingerprint density at radius 3 is 2.28 bits per heavy atom. The number of hydrogen-bond donors (Lipinski definition) is 1. The minimum Gasteiger partial charge on any atom is -0.322 e. The van der Waals surface area contributed by atoms with E-state index in [9.17, 15) is 4.79 Å². The molecule has 0 fully saturated rings. The smallest absolute Gasteiger partial charge is 0.258 e. The number of anilines is 3. The van der Waals surface area contributed by atoms with Gasteiger partial charge in [-0.2, -0.15) is 0 Å². The molecule has 0 saturated carbocycles. The predicted octanol–water partition coefficient (Wildman–Crippen LogP) is 4.54. The summed E-state index contributed by atoms with van der Waals surface area (Å²) in [6.45, 7) is 2.75. The lowest BCUT2D eigenvalue weighted by Gasteiger charge is -2.20. The zero-order valence-corrected chi connectivity index (χ0v) is 14.4. The van der Waals surface area contributed by atoms with Gasteiger partial charge >= 0.3 is 0 Å². The van der Waals surface area contributed by atoms with Gasteiger partial charge in [-0.15, -0.1) is 0 Å². The molecule has 1 heterocycles. The second-order valence-electron chi connectivity index (χ2n) is 5.31. The number of halogens is 1. The van der Waals surface area contributed by atoms with E-state index < -0.39 is 0 Å². The number of carbonyl (C=O) groups excluding carboxylic acids is 1.